The number of benzene rings is 2. The molecule has 3 N–H and O–H groups in total. The number of carbonyl (C=O) groups is 1. The Bertz CT molecular complexity index is 1040. The molecule has 1 heterocycles. The third-order valence-electron chi connectivity index (χ3n) is 4.44. The number of nitrogens with zero attached hydrogens (tertiary/aromatic N) is 1. The van der Waals surface area contributed by atoms with Crippen LogP contribution in [0.5, 0.6) is 11.5 Å². The number of nitrogens with two attached hydrogens (primary N) is 1. The standard InChI is InChI=1S/C20H23N3O5S/c1-3-28-16-8-5-9-17(11-16)29(25,26)23-12-18(20(21)24)19(13-23)22-14-6-4-7-15(10-14)27-2/h4-12,19,22H,3,13H2,1-2H3,(H2,21,24). The highest BCUT2D eigenvalue weighted by molar-refractivity contribution is 7.89. The molecule has 9 heteroatoms. The first-order valence-corrected chi connectivity index (χ1v) is 10.5. The lowest BCUT2D eigenvalue weighted by Gasteiger charge is -2.20. The largest absolute Gasteiger partial charge is 0.497 e. The van der Waals surface area contributed by atoms with Gasteiger partial charge in [0, 0.05) is 24.0 Å². The summed E-state index contributed by atoms with van der Waals surface area (Å²) in [6, 6.07) is 12.8. The monoisotopic (exact) mass is 417 g/mol. The second-order valence-electron chi connectivity index (χ2n) is 6.36. The number of nitrogens with one attached hydrogen (secondary N) is 1. The van der Waals surface area contributed by atoms with Gasteiger partial charge in [-0.3, -0.25) is 9.10 Å². The molecule has 2 aromatic rings. The second kappa shape index (κ2) is 8.44. The molecule has 0 saturated carbocycles. The first-order chi connectivity index (χ1) is 13.8. The van der Waals surface area contributed by atoms with E-state index in [-0.39, 0.29) is 17.0 Å². The number of sulfonamides is 1. The normalized spacial score (nSPS) is 16.3. The zero-order valence-electron chi connectivity index (χ0n) is 16.2. The van der Waals surface area contributed by atoms with Gasteiger partial charge in [0.15, 0.2) is 0 Å². The highest BCUT2D eigenvalue weighted by atomic mass is 32.2. The fourth-order valence-corrected chi connectivity index (χ4v) is 4.43. The Labute approximate surface area is 170 Å². The Balaban J connectivity index is 1.87. The van der Waals surface area contributed by atoms with Gasteiger partial charge in [0.1, 0.15) is 11.5 Å². The minimum atomic E-state index is -3.88. The summed E-state index contributed by atoms with van der Waals surface area (Å²) in [4.78, 5) is 12.0. The second-order valence-corrected chi connectivity index (χ2v) is 8.25. The van der Waals surface area contributed by atoms with Crippen LogP contribution in [0.2, 0.25) is 0 Å². The van der Waals surface area contributed by atoms with E-state index in [1.54, 1.807) is 43.5 Å². The molecule has 0 bridgehead atoms. The molecule has 0 aliphatic carbocycles. The SMILES string of the molecule is CCOc1cccc(S(=O)(=O)N2C=C(C(N)=O)C(Nc3cccc(OC)c3)C2)c1. The number of primary amides is 1. The molecule has 1 amide bonds. The summed E-state index contributed by atoms with van der Waals surface area (Å²) in [7, 11) is -2.33. The summed E-state index contributed by atoms with van der Waals surface area (Å²) in [6.07, 6.45) is 1.28. The molecule has 1 atom stereocenters. The van der Waals surface area contributed by atoms with Crippen LogP contribution in [-0.4, -0.2) is 44.9 Å². The van der Waals surface area contributed by atoms with Crippen LogP contribution in [0.15, 0.2) is 65.2 Å². The molecule has 0 fully saturated rings. The number of ether oxygens (including phenoxy) is 2. The average molecular weight is 417 g/mol. The molecule has 154 valence electrons. The van der Waals surface area contributed by atoms with Gasteiger partial charge in [0.05, 0.1) is 36.8 Å². The Hall–Kier alpha value is -3.20. The summed E-state index contributed by atoms with van der Waals surface area (Å²) in [5, 5.41) is 3.15. The predicted molar refractivity (Wildman–Crippen MR) is 109 cm³/mol. The quantitative estimate of drug-likeness (QED) is 0.679. The third kappa shape index (κ3) is 4.45. The highest BCUT2D eigenvalue weighted by Crippen LogP contribution is 2.28. The Morgan fingerprint density at radius 3 is 2.62 bits per heavy atom. The molecule has 29 heavy (non-hydrogen) atoms. The van der Waals surface area contributed by atoms with Crippen molar-refractivity contribution in [2.75, 3.05) is 25.6 Å². The molecule has 1 unspecified atom stereocenters. The van der Waals surface area contributed by atoms with Gasteiger partial charge >= 0.3 is 0 Å². The van der Waals surface area contributed by atoms with Gasteiger partial charge in [0.2, 0.25) is 5.91 Å². The zero-order valence-corrected chi connectivity index (χ0v) is 17.0. The van der Waals surface area contributed by atoms with Gasteiger partial charge in [-0.05, 0) is 31.2 Å². The summed E-state index contributed by atoms with van der Waals surface area (Å²) >= 11 is 0. The van der Waals surface area contributed by atoms with Crippen molar-refractivity contribution in [3.05, 3.63) is 60.3 Å². The first-order valence-electron chi connectivity index (χ1n) is 9.02. The van der Waals surface area contributed by atoms with Gasteiger partial charge in [-0.2, -0.15) is 0 Å². The van der Waals surface area contributed by atoms with Crippen LogP contribution in [0.1, 0.15) is 6.92 Å². The topological polar surface area (TPSA) is 111 Å². The maximum absolute atomic E-state index is 13.1. The van der Waals surface area contributed by atoms with Gasteiger partial charge in [-0.25, -0.2) is 8.42 Å². The summed E-state index contributed by atoms with van der Waals surface area (Å²) in [6.45, 7) is 2.26. The summed E-state index contributed by atoms with van der Waals surface area (Å²) < 4.78 is 37.9. The lowest BCUT2D eigenvalue weighted by Crippen LogP contribution is -2.34. The van der Waals surface area contributed by atoms with E-state index in [0.29, 0.717) is 23.8 Å². The number of rotatable bonds is 8. The van der Waals surface area contributed by atoms with Gasteiger partial charge in [-0.1, -0.05) is 12.1 Å². The van der Waals surface area contributed by atoms with E-state index >= 15 is 0 Å². The van der Waals surface area contributed by atoms with E-state index < -0.39 is 22.0 Å². The van der Waals surface area contributed by atoms with Gasteiger partial charge in [0.25, 0.3) is 10.0 Å². The third-order valence-corrected chi connectivity index (χ3v) is 6.16. The molecule has 8 nitrogen and oxygen atoms in total. The van der Waals surface area contributed by atoms with Crippen LogP contribution in [0, 0.1) is 0 Å². The van der Waals surface area contributed by atoms with Crippen LogP contribution in [0.4, 0.5) is 5.69 Å². The van der Waals surface area contributed by atoms with Gasteiger partial charge < -0.3 is 20.5 Å². The zero-order chi connectivity index (χ0) is 21.0. The molecule has 0 aromatic heterocycles. The van der Waals surface area contributed by atoms with Crippen LogP contribution in [-0.2, 0) is 14.8 Å². The van der Waals surface area contributed by atoms with E-state index in [2.05, 4.69) is 5.32 Å². The Morgan fingerprint density at radius 2 is 1.93 bits per heavy atom. The molecule has 0 radical (unpaired) electrons. The Morgan fingerprint density at radius 1 is 1.21 bits per heavy atom. The maximum atomic E-state index is 13.1. The Kier molecular flexibility index (Phi) is 5.97. The highest BCUT2D eigenvalue weighted by Gasteiger charge is 2.35. The van der Waals surface area contributed by atoms with Crippen molar-refractivity contribution in [3.8, 4) is 11.5 Å². The molecular formula is C20H23N3O5S. The summed E-state index contributed by atoms with van der Waals surface area (Å²) in [5.74, 6) is 0.402. The molecule has 0 saturated heterocycles. The predicted octanol–water partition coefficient (Wildman–Crippen LogP) is 1.95. The van der Waals surface area contributed by atoms with E-state index in [4.69, 9.17) is 15.2 Å². The fourth-order valence-electron chi connectivity index (χ4n) is 3.04. The summed E-state index contributed by atoms with van der Waals surface area (Å²) in [5.41, 5.74) is 6.35. The molecule has 0 spiro atoms. The molecule has 1 aliphatic heterocycles. The lowest BCUT2D eigenvalue weighted by atomic mass is 10.1. The molecule has 1 aliphatic rings. The van der Waals surface area contributed by atoms with Crippen molar-refractivity contribution in [3.63, 3.8) is 0 Å². The van der Waals surface area contributed by atoms with Crippen molar-refractivity contribution in [2.45, 2.75) is 17.9 Å². The van der Waals surface area contributed by atoms with Crippen LogP contribution >= 0.6 is 0 Å². The number of hydrogen-bond donors (Lipinski definition) is 2. The lowest BCUT2D eigenvalue weighted by molar-refractivity contribution is -0.114. The average Bonchev–Trinajstić information content (AvgIpc) is 3.13. The maximum Gasteiger partial charge on any atom is 0.264 e. The van der Waals surface area contributed by atoms with Gasteiger partial charge in [-0.15, -0.1) is 0 Å². The van der Waals surface area contributed by atoms with Crippen molar-refractivity contribution in [2.24, 2.45) is 5.73 Å². The van der Waals surface area contributed by atoms with E-state index in [1.807, 2.05) is 6.92 Å². The number of hydrogen-bond acceptors (Lipinski definition) is 6. The van der Waals surface area contributed by atoms with E-state index in [0.717, 1.165) is 4.31 Å². The molecular weight excluding hydrogens is 394 g/mol. The van der Waals surface area contributed by atoms with Crippen LogP contribution in [0.25, 0.3) is 0 Å². The molecule has 2 aromatic carbocycles. The van der Waals surface area contributed by atoms with Crippen LogP contribution < -0.4 is 20.5 Å². The number of carbonyl (C=O) groups excluding carboxylic acids is 1. The number of methoxy groups -OCH3 is 1. The molecule has 3 rings (SSSR count). The van der Waals surface area contributed by atoms with Crippen molar-refractivity contribution in [1.82, 2.24) is 4.31 Å². The fraction of sp³-hybridized carbons (Fsp3) is 0.250. The number of anilines is 1. The first kappa shape index (κ1) is 20.5. The minimum absolute atomic E-state index is 0.0245. The number of amides is 1. The van der Waals surface area contributed by atoms with Crippen molar-refractivity contribution in [1.29, 1.82) is 0 Å². The minimum Gasteiger partial charge on any atom is -0.497 e. The smallest absolute Gasteiger partial charge is 0.264 e. The van der Waals surface area contributed by atoms with Crippen molar-refractivity contribution < 1.29 is 22.7 Å². The van der Waals surface area contributed by atoms with E-state index in [1.165, 1.54) is 18.3 Å². The van der Waals surface area contributed by atoms with Crippen LogP contribution in [0.3, 0.4) is 0 Å². The van der Waals surface area contributed by atoms with E-state index in [9.17, 15) is 13.2 Å². The van der Waals surface area contributed by atoms with Crippen molar-refractivity contribution >= 4 is 21.6 Å².